The summed E-state index contributed by atoms with van der Waals surface area (Å²) in [6, 6.07) is 5.98. The van der Waals surface area contributed by atoms with Gasteiger partial charge in [0.2, 0.25) is 5.88 Å². The molecule has 0 aliphatic heterocycles. The summed E-state index contributed by atoms with van der Waals surface area (Å²) >= 11 is 0. The van der Waals surface area contributed by atoms with Crippen molar-refractivity contribution >= 4 is 0 Å². The second-order valence-electron chi connectivity index (χ2n) is 4.79. The highest BCUT2D eigenvalue weighted by Crippen LogP contribution is 2.14. The van der Waals surface area contributed by atoms with Gasteiger partial charge < -0.3 is 10.1 Å². The van der Waals surface area contributed by atoms with Gasteiger partial charge in [0.05, 0.1) is 5.69 Å². The number of nitrogens with one attached hydrogen (secondary N) is 1. The van der Waals surface area contributed by atoms with Crippen LogP contribution in [0.3, 0.4) is 0 Å². The van der Waals surface area contributed by atoms with Gasteiger partial charge >= 0.3 is 6.01 Å². The lowest BCUT2D eigenvalue weighted by Crippen LogP contribution is -2.19. The summed E-state index contributed by atoms with van der Waals surface area (Å²) < 4.78 is 7.07. The van der Waals surface area contributed by atoms with Crippen molar-refractivity contribution in [1.29, 1.82) is 0 Å². The molecule has 2 aromatic heterocycles. The molecule has 0 amide bonds. The smallest absolute Gasteiger partial charge is 0.342 e. The van der Waals surface area contributed by atoms with E-state index in [1.54, 1.807) is 24.1 Å². The average molecular weight is 261 g/mol. The van der Waals surface area contributed by atoms with Crippen LogP contribution in [-0.4, -0.2) is 26.3 Å². The second-order valence-corrected chi connectivity index (χ2v) is 4.79. The maximum atomic E-state index is 5.49. The van der Waals surface area contributed by atoms with Gasteiger partial charge in [-0.2, -0.15) is 4.98 Å². The molecule has 0 bridgehead atoms. The van der Waals surface area contributed by atoms with Gasteiger partial charge in [-0.25, -0.2) is 4.98 Å². The summed E-state index contributed by atoms with van der Waals surface area (Å²) in [4.78, 5) is 8.40. The summed E-state index contributed by atoms with van der Waals surface area (Å²) in [6.07, 6.45) is 1.59. The van der Waals surface area contributed by atoms with Gasteiger partial charge in [-0.15, -0.1) is 5.10 Å². The van der Waals surface area contributed by atoms with Gasteiger partial charge in [0.1, 0.15) is 6.33 Å². The van der Waals surface area contributed by atoms with E-state index in [1.165, 1.54) is 0 Å². The van der Waals surface area contributed by atoms with Crippen molar-refractivity contribution < 1.29 is 4.74 Å². The SMILES string of the molecule is CC(C)CNCc1cccc(Oc2ncn(C)n2)n1. The zero-order valence-corrected chi connectivity index (χ0v) is 11.5. The minimum absolute atomic E-state index is 0.308. The molecule has 0 aliphatic rings. The number of pyridine rings is 1. The molecule has 0 fully saturated rings. The van der Waals surface area contributed by atoms with Crippen LogP contribution < -0.4 is 10.1 Å². The number of hydrogen-bond acceptors (Lipinski definition) is 5. The number of hydrogen-bond donors (Lipinski definition) is 1. The van der Waals surface area contributed by atoms with Crippen molar-refractivity contribution in [3.05, 3.63) is 30.2 Å². The molecule has 0 radical (unpaired) electrons. The molecule has 1 N–H and O–H groups in total. The monoisotopic (exact) mass is 261 g/mol. The number of aromatic nitrogens is 4. The van der Waals surface area contributed by atoms with Crippen LogP contribution in [0.1, 0.15) is 19.5 Å². The number of aryl methyl sites for hydroxylation is 1. The van der Waals surface area contributed by atoms with Gasteiger partial charge in [0, 0.05) is 19.7 Å². The molecule has 0 spiro atoms. The maximum absolute atomic E-state index is 5.49. The maximum Gasteiger partial charge on any atom is 0.342 e. The van der Waals surface area contributed by atoms with Crippen LogP contribution in [0.4, 0.5) is 0 Å². The molecule has 0 unspecified atom stereocenters. The van der Waals surface area contributed by atoms with E-state index in [9.17, 15) is 0 Å². The van der Waals surface area contributed by atoms with E-state index in [0.717, 1.165) is 18.8 Å². The van der Waals surface area contributed by atoms with Crippen molar-refractivity contribution in [1.82, 2.24) is 25.1 Å². The third kappa shape index (κ3) is 4.33. The van der Waals surface area contributed by atoms with Crippen molar-refractivity contribution in [2.24, 2.45) is 13.0 Å². The summed E-state index contributed by atoms with van der Waals surface area (Å²) in [5.74, 6) is 1.13. The summed E-state index contributed by atoms with van der Waals surface area (Å²) in [6.45, 7) is 6.04. The van der Waals surface area contributed by atoms with Gasteiger partial charge in [0.15, 0.2) is 0 Å². The van der Waals surface area contributed by atoms with Gasteiger partial charge in [-0.1, -0.05) is 19.9 Å². The van der Waals surface area contributed by atoms with E-state index in [-0.39, 0.29) is 0 Å². The third-order valence-electron chi connectivity index (χ3n) is 2.41. The average Bonchev–Trinajstić information content (AvgIpc) is 2.75. The normalized spacial score (nSPS) is 10.9. The first-order chi connectivity index (χ1) is 9.13. The zero-order valence-electron chi connectivity index (χ0n) is 11.5. The Morgan fingerprint density at radius 3 is 2.89 bits per heavy atom. The largest absolute Gasteiger partial charge is 0.404 e. The van der Waals surface area contributed by atoms with Gasteiger partial charge in [-0.05, 0) is 18.5 Å². The van der Waals surface area contributed by atoms with Crippen molar-refractivity contribution in [3.8, 4) is 11.9 Å². The lowest BCUT2D eigenvalue weighted by atomic mass is 10.2. The number of ether oxygens (including phenoxy) is 1. The van der Waals surface area contributed by atoms with Crippen LogP contribution in [0, 0.1) is 5.92 Å². The molecule has 0 saturated carbocycles. The lowest BCUT2D eigenvalue weighted by Gasteiger charge is -2.07. The highest BCUT2D eigenvalue weighted by atomic mass is 16.5. The van der Waals surface area contributed by atoms with Crippen molar-refractivity contribution in [2.75, 3.05) is 6.54 Å². The van der Waals surface area contributed by atoms with E-state index in [2.05, 4.69) is 34.2 Å². The summed E-state index contributed by atoms with van der Waals surface area (Å²) in [5.41, 5.74) is 0.939. The molecule has 0 saturated heterocycles. The molecule has 2 heterocycles. The third-order valence-corrected chi connectivity index (χ3v) is 2.41. The topological polar surface area (TPSA) is 64.9 Å². The second kappa shape index (κ2) is 6.29. The number of nitrogens with zero attached hydrogens (tertiary/aromatic N) is 4. The van der Waals surface area contributed by atoms with Crippen LogP contribution in [0.25, 0.3) is 0 Å². The highest BCUT2D eigenvalue weighted by molar-refractivity contribution is 5.18. The molecule has 19 heavy (non-hydrogen) atoms. The fourth-order valence-corrected chi connectivity index (χ4v) is 1.56. The van der Waals surface area contributed by atoms with Crippen LogP contribution in [0.5, 0.6) is 11.9 Å². The summed E-state index contributed by atoms with van der Waals surface area (Å²) in [5, 5.41) is 7.39. The highest BCUT2D eigenvalue weighted by Gasteiger charge is 2.04. The summed E-state index contributed by atoms with van der Waals surface area (Å²) in [7, 11) is 1.79. The molecular formula is C13H19N5O. The zero-order chi connectivity index (χ0) is 13.7. The van der Waals surface area contributed by atoms with Crippen LogP contribution in [0.2, 0.25) is 0 Å². The Hall–Kier alpha value is -1.95. The van der Waals surface area contributed by atoms with E-state index < -0.39 is 0 Å². The Balaban J connectivity index is 1.95. The molecule has 2 rings (SSSR count). The molecule has 102 valence electrons. The standard InChI is InChI=1S/C13H19N5O/c1-10(2)7-14-8-11-5-4-6-12(16-11)19-13-15-9-18(3)17-13/h4-6,9-10,14H,7-8H2,1-3H3. The molecule has 2 aromatic rings. The van der Waals surface area contributed by atoms with Gasteiger partial charge in [0.25, 0.3) is 0 Å². The predicted octanol–water partition coefficient (Wildman–Crippen LogP) is 1.75. The number of rotatable bonds is 6. The molecule has 6 heteroatoms. The minimum atomic E-state index is 0.308. The first-order valence-corrected chi connectivity index (χ1v) is 6.33. The Bertz CT molecular complexity index is 523. The minimum Gasteiger partial charge on any atom is -0.404 e. The Labute approximate surface area is 112 Å². The molecular weight excluding hydrogens is 242 g/mol. The molecule has 0 aliphatic carbocycles. The Morgan fingerprint density at radius 2 is 2.21 bits per heavy atom. The first-order valence-electron chi connectivity index (χ1n) is 6.33. The van der Waals surface area contributed by atoms with Crippen LogP contribution in [0.15, 0.2) is 24.5 Å². The fourth-order valence-electron chi connectivity index (χ4n) is 1.56. The van der Waals surface area contributed by atoms with E-state index in [4.69, 9.17) is 4.74 Å². The first kappa shape index (κ1) is 13.5. The predicted molar refractivity (Wildman–Crippen MR) is 71.9 cm³/mol. The Kier molecular flexibility index (Phi) is 4.46. The Morgan fingerprint density at radius 1 is 1.37 bits per heavy atom. The van der Waals surface area contributed by atoms with Crippen LogP contribution in [-0.2, 0) is 13.6 Å². The lowest BCUT2D eigenvalue weighted by molar-refractivity contribution is 0.420. The van der Waals surface area contributed by atoms with E-state index in [1.807, 2.05) is 12.1 Å². The quantitative estimate of drug-likeness (QED) is 0.858. The van der Waals surface area contributed by atoms with Crippen molar-refractivity contribution in [2.45, 2.75) is 20.4 Å². The molecule has 0 atom stereocenters. The van der Waals surface area contributed by atoms with E-state index in [0.29, 0.717) is 17.8 Å². The molecule has 0 aromatic carbocycles. The molecule has 6 nitrogen and oxygen atoms in total. The van der Waals surface area contributed by atoms with Crippen molar-refractivity contribution in [3.63, 3.8) is 0 Å². The van der Waals surface area contributed by atoms with Gasteiger partial charge in [-0.3, -0.25) is 4.68 Å². The van der Waals surface area contributed by atoms with E-state index >= 15 is 0 Å². The fraction of sp³-hybridized carbons (Fsp3) is 0.462. The van der Waals surface area contributed by atoms with Crippen LogP contribution >= 0.6 is 0 Å².